The van der Waals surface area contributed by atoms with Crippen LogP contribution in [0.1, 0.15) is 26.7 Å². The van der Waals surface area contributed by atoms with Crippen molar-refractivity contribution < 1.29 is 4.79 Å². The van der Waals surface area contributed by atoms with E-state index in [2.05, 4.69) is 17.3 Å². The zero-order valence-corrected chi connectivity index (χ0v) is 10.7. The largest absolute Gasteiger partial charge is 0.368 e. The van der Waals surface area contributed by atoms with Crippen LogP contribution in [-0.2, 0) is 4.79 Å². The van der Waals surface area contributed by atoms with Crippen molar-refractivity contribution in [3.05, 3.63) is 0 Å². The van der Waals surface area contributed by atoms with Crippen molar-refractivity contribution in [2.75, 3.05) is 26.7 Å². The minimum atomic E-state index is -0.233. The van der Waals surface area contributed by atoms with Gasteiger partial charge >= 0.3 is 0 Å². The summed E-state index contributed by atoms with van der Waals surface area (Å²) >= 11 is 0. The number of nitrogens with two attached hydrogens (primary N) is 1. The molecule has 0 bridgehead atoms. The van der Waals surface area contributed by atoms with Crippen molar-refractivity contribution in [2.45, 2.75) is 32.7 Å². The van der Waals surface area contributed by atoms with E-state index in [1.165, 1.54) is 12.8 Å². The Labute approximate surface area is 98.6 Å². The van der Waals surface area contributed by atoms with E-state index in [0.717, 1.165) is 19.6 Å². The van der Waals surface area contributed by atoms with Crippen molar-refractivity contribution in [3.8, 4) is 0 Å². The maximum absolute atomic E-state index is 11.2. The van der Waals surface area contributed by atoms with Gasteiger partial charge in [0, 0.05) is 0 Å². The lowest BCUT2D eigenvalue weighted by atomic mass is 9.95. The Morgan fingerprint density at radius 3 is 2.44 bits per heavy atom. The number of rotatable bonds is 5. The van der Waals surface area contributed by atoms with Crippen LogP contribution in [0.2, 0.25) is 0 Å². The molecule has 16 heavy (non-hydrogen) atoms. The molecule has 0 spiro atoms. The molecule has 1 fully saturated rings. The molecule has 3 N–H and O–H groups in total. The zero-order valence-electron chi connectivity index (χ0n) is 10.7. The number of amides is 1. The number of primary amides is 1. The van der Waals surface area contributed by atoms with Crippen LogP contribution in [0.15, 0.2) is 0 Å². The van der Waals surface area contributed by atoms with Crippen molar-refractivity contribution in [1.82, 2.24) is 10.2 Å². The van der Waals surface area contributed by atoms with Gasteiger partial charge in [-0.3, -0.25) is 4.79 Å². The summed E-state index contributed by atoms with van der Waals surface area (Å²) < 4.78 is 0. The van der Waals surface area contributed by atoms with Crippen molar-refractivity contribution in [1.29, 1.82) is 0 Å². The molecule has 0 aromatic rings. The number of hydrogen-bond acceptors (Lipinski definition) is 3. The van der Waals surface area contributed by atoms with Gasteiger partial charge in [0.15, 0.2) is 0 Å². The molecular weight excluding hydrogens is 202 g/mol. The fourth-order valence-corrected chi connectivity index (χ4v) is 2.22. The lowest BCUT2D eigenvalue weighted by Crippen LogP contribution is -2.47. The highest BCUT2D eigenvalue weighted by Gasteiger charge is 2.22. The van der Waals surface area contributed by atoms with Crippen LogP contribution >= 0.6 is 0 Å². The van der Waals surface area contributed by atoms with Crippen molar-refractivity contribution in [2.24, 2.45) is 17.6 Å². The maximum atomic E-state index is 11.2. The van der Waals surface area contributed by atoms with Gasteiger partial charge in [0.1, 0.15) is 0 Å². The Morgan fingerprint density at radius 2 is 2.00 bits per heavy atom. The van der Waals surface area contributed by atoms with Gasteiger partial charge in [-0.15, -0.1) is 0 Å². The van der Waals surface area contributed by atoms with E-state index in [-0.39, 0.29) is 17.9 Å². The predicted molar refractivity (Wildman–Crippen MR) is 66.0 cm³/mol. The Kier molecular flexibility index (Phi) is 5.22. The topological polar surface area (TPSA) is 58.4 Å². The van der Waals surface area contributed by atoms with Crippen LogP contribution in [0.3, 0.4) is 0 Å². The first kappa shape index (κ1) is 13.5. The molecule has 1 aliphatic heterocycles. The third-order valence-electron chi connectivity index (χ3n) is 3.44. The van der Waals surface area contributed by atoms with Crippen LogP contribution in [-0.4, -0.2) is 43.5 Å². The maximum Gasteiger partial charge on any atom is 0.234 e. The highest BCUT2D eigenvalue weighted by molar-refractivity contribution is 5.80. The van der Waals surface area contributed by atoms with Crippen LogP contribution in [0, 0.1) is 11.8 Å². The van der Waals surface area contributed by atoms with Crippen molar-refractivity contribution in [3.63, 3.8) is 0 Å². The van der Waals surface area contributed by atoms with Crippen LogP contribution < -0.4 is 11.1 Å². The molecule has 1 atom stereocenters. The minimum absolute atomic E-state index is 0.181. The molecule has 0 aliphatic carbocycles. The second-order valence-corrected chi connectivity index (χ2v) is 5.28. The van der Waals surface area contributed by atoms with Crippen molar-refractivity contribution >= 4 is 5.91 Å². The average molecular weight is 227 g/mol. The lowest BCUT2D eigenvalue weighted by Gasteiger charge is -2.30. The van der Waals surface area contributed by atoms with Crippen LogP contribution in [0.25, 0.3) is 0 Å². The SMILES string of the molecule is CC(C)C(NCC1CCN(C)CC1)C(N)=O. The first-order valence-corrected chi connectivity index (χ1v) is 6.22. The first-order chi connectivity index (χ1) is 7.50. The molecule has 4 heteroatoms. The number of nitrogens with zero attached hydrogens (tertiary/aromatic N) is 1. The molecule has 1 rings (SSSR count). The quantitative estimate of drug-likeness (QED) is 0.716. The third-order valence-corrected chi connectivity index (χ3v) is 3.44. The molecular formula is C12H25N3O. The number of nitrogens with one attached hydrogen (secondary N) is 1. The summed E-state index contributed by atoms with van der Waals surface area (Å²) in [6.07, 6.45) is 2.43. The molecule has 1 unspecified atom stereocenters. The number of carbonyl (C=O) groups excluding carboxylic acids is 1. The van der Waals surface area contributed by atoms with Gasteiger partial charge in [-0.1, -0.05) is 13.8 Å². The number of piperidine rings is 1. The highest BCUT2D eigenvalue weighted by Crippen LogP contribution is 2.15. The Morgan fingerprint density at radius 1 is 1.44 bits per heavy atom. The molecule has 0 saturated carbocycles. The highest BCUT2D eigenvalue weighted by atomic mass is 16.1. The fourth-order valence-electron chi connectivity index (χ4n) is 2.22. The van der Waals surface area contributed by atoms with Crippen LogP contribution in [0.4, 0.5) is 0 Å². The number of hydrogen-bond donors (Lipinski definition) is 2. The molecule has 0 aromatic carbocycles. The van der Waals surface area contributed by atoms with E-state index in [9.17, 15) is 4.79 Å². The second-order valence-electron chi connectivity index (χ2n) is 5.28. The van der Waals surface area contributed by atoms with Gasteiger partial charge in [-0.2, -0.15) is 0 Å². The van der Waals surface area contributed by atoms with E-state index in [0.29, 0.717) is 5.92 Å². The molecule has 1 aliphatic rings. The normalized spacial score (nSPS) is 21.2. The van der Waals surface area contributed by atoms with E-state index < -0.39 is 0 Å². The van der Waals surface area contributed by atoms with Gasteiger partial charge in [0.2, 0.25) is 5.91 Å². The van der Waals surface area contributed by atoms with Crippen LogP contribution in [0.5, 0.6) is 0 Å². The van der Waals surface area contributed by atoms with Gasteiger partial charge in [0.05, 0.1) is 6.04 Å². The van der Waals surface area contributed by atoms with E-state index >= 15 is 0 Å². The Hall–Kier alpha value is -0.610. The zero-order chi connectivity index (χ0) is 12.1. The summed E-state index contributed by atoms with van der Waals surface area (Å²) in [5.41, 5.74) is 5.37. The molecule has 1 saturated heterocycles. The summed E-state index contributed by atoms with van der Waals surface area (Å²) in [5.74, 6) is 0.725. The Bertz CT molecular complexity index is 222. The average Bonchev–Trinajstić information content (AvgIpc) is 2.20. The second kappa shape index (κ2) is 6.21. The minimum Gasteiger partial charge on any atom is -0.368 e. The molecule has 0 aromatic heterocycles. The smallest absolute Gasteiger partial charge is 0.234 e. The Balaban J connectivity index is 2.29. The summed E-state index contributed by atoms with van der Waals surface area (Å²) in [7, 11) is 2.16. The lowest BCUT2D eigenvalue weighted by molar-refractivity contribution is -0.121. The third kappa shape index (κ3) is 4.10. The van der Waals surface area contributed by atoms with Gasteiger partial charge in [0.25, 0.3) is 0 Å². The monoisotopic (exact) mass is 227 g/mol. The predicted octanol–water partition coefficient (Wildman–Crippen LogP) is 0.428. The number of carbonyl (C=O) groups is 1. The summed E-state index contributed by atoms with van der Waals surface area (Å²) in [5, 5.41) is 3.31. The van der Waals surface area contributed by atoms with E-state index in [1.807, 2.05) is 13.8 Å². The summed E-state index contributed by atoms with van der Waals surface area (Å²) in [4.78, 5) is 13.6. The van der Waals surface area contributed by atoms with E-state index in [1.54, 1.807) is 0 Å². The number of likely N-dealkylation sites (tertiary alicyclic amines) is 1. The molecule has 1 heterocycles. The molecule has 1 amide bonds. The van der Waals surface area contributed by atoms with Gasteiger partial charge in [-0.05, 0) is 51.4 Å². The molecule has 4 nitrogen and oxygen atoms in total. The molecule has 94 valence electrons. The first-order valence-electron chi connectivity index (χ1n) is 6.22. The standard InChI is InChI=1S/C12H25N3O/c1-9(2)11(12(13)16)14-8-10-4-6-15(3)7-5-10/h9-11,14H,4-8H2,1-3H3,(H2,13,16). The van der Waals surface area contributed by atoms with E-state index in [4.69, 9.17) is 5.73 Å². The van der Waals surface area contributed by atoms with Gasteiger partial charge in [-0.25, -0.2) is 0 Å². The van der Waals surface area contributed by atoms with Gasteiger partial charge < -0.3 is 16.0 Å². The fraction of sp³-hybridized carbons (Fsp3) is 0.917. The summed E-state index contributed by atoms with van der Waals surface area (Å²) in [6, 6.07) is -0.181. The molecule has 0 radical (unpaired) electrons. The summed E-state index contributed by atoms with van der Waals surface area (Å²) in [6.45, 7) is 7.29.